The molecule has 0 aromatic rings. The van der Waals surface area contributed by atoms with Gasteiger partial charge in [-0.2, -0.15) is 0 Å². The lowest BCUT2D eigenvalue weighted by Crippen LogP contribution is -2.30. The van der Waals surface area contributed by atoms with Crippen LogP contribution in [-0.2, 0) is 19.1 Å². The van der Waals surface area contributed by atoms with Crippen molar-refractivity contribution in [3.63, 3.8) is 0 Å². The van der Waals surface area contributed by atoms with Gasteiger partial charge in [-0.05, 0) is 62.2 Å². The normalized spacial score (nSPS) is 45.6. The summed E-state index contributed by atoms with van der Waals surface area (Å²) in [4.78, 5) is 24.0. The van der Waals surface area contributed by atoms with Crippen LogP contribution >= 0.6 is 21.6 Å². The zero-order valence-electron chi connectivity index (χ0n) is 14.3. The van der Waals surface area contributed by atoms with Crippen molar-refractivity contribution in [2.75, 3.05) is 14.2 Å². The monoisotopic (exact) mass is 370 g/mol. The van der Waals surface area contributed by atoms with E-state index in [0.717, 1.165) is 12.8 Å². The van der Waals surface area contributed by atoms with Gasteiger partial charge in [-0.25, -0.2) is 0 Å². The highest BCUT2D eigenvalue weighted by atomic mass is 33.1. The van der Waals surface area contributed by atoms with Gasteiger partial charge in [0.15, 0.2) is 0 Å². The van der Waals surface area contributed by atoms with Gasteiger partial charge < -0.3 is 9.47 Å². The van der Waals surface area contributed by atoms with E-state index >= 15 is 0 Å². The van der Waals surface area contributed by atoms with E-state index in [1.807, 2.05) is 21.6 Å². The summed E-state index contributed by atoms with van der Waals surface area (Å²) in [5.41, 5.74) is 0. The SMILES string of the molecule is COC(=O)C1CC2CC(SSC3CC4CC(C(=O)OC)C3C4)C1C2. The third kappa shape index (κ3) is 2.87. The fraction of sp³-hybridized carbons (Fsp3) is 0.889. The summed E-state index contributed by atoms with van der Waals surface area (Å²) < 4.78 is 10.00. The van der Waals surface area contributed by atoms with Crippen LogP contribution in [-0.4, -0.2) is 36.7 Å². The average Bonchev–Trinajstić information content (AvgIpc) is 3.36. The Morgan fingerprint density at radius 1 is 0.708 bits per heavy atom. The lowest BCUT2D eigenvalue weighted by atomic mass is 9.88. The molecule has 4 nitrogen and oxygen atoms in total. The molecule has 134 valence electrons. The summed E-state index contributed by atoms with van der Waals surface area (Å²) in [6.07, 6.45) is 6.93. The highest BCUT2D eigenvalue weighted by Gasteiger charge is 2.52. The van der Waals surface area contributed by atoms with E-state index in [1.165, 1.54) is 39.9 Å². The molecular weight excluding hydrogens is 344 g/mol. The van der Waals surface area contributed by atoms with Crippen LogP contribution in [0.1, 0.15) is 38.5 Å². The maximum absolute atomic E-state index is 12.0. The van der Waals surface area contributed by atoms with Crippen molar-refractivity contribution in [2.45, 2.75) is 49.0 Å². The van der Waals surface area contributed by atoms with Crippen LogP contribution in [0, 0.1) is 35.5 Å². The topological polar surface area (TPSA) is 52.6 Å². The molecule has 8 atom stereocenters. The number of ether oxygens (including phenoxy) is 2. The quantitative estimate of drug-likeness (QED) is 0.545. The molecule has 6 heteroatoms. The summed E-state index contributed by atoms with van der Waals surface area (Å²) in [5, 5.41) is 1.15. The van der Waals surface area contributed by atoms with E-state index in [2.05, 4.69) is 0 Å². The Morgan fingerprint density at radius 2 is 1.12 bits per heavy atom. The Balaban J connectivity index is 1.33. The zero-order chi connectivity index (χ0) is 16.8. The molecule has 0 saturated heterocycles. The molecule has 0 aromatic carbocycles. The van der Waals surface area contributed by atoms with Gasteiger partial charge in [0.25, 0.3) is 0 Å². The molecular formula is C18H26O4S2. The second-order valence-electron chi connectivity index (χ2n) is 8.00. The molecule has 0 aliphatic heterocycles. The van der Waals surface area contributed by atoms with Crippen molar-refractivity contribution in [2.24, 2.45) is 35.5 Å². The molecule has 0 amide bonds. The lowest BCUT2D eigenvalue weighted by Gasteiger charge is -2.30. The van der Waals surface area contributed by atoms with Crippen molar-refractivity contribution >= 4 is 33.5 Å². The van der Waals surface area contributed by atoms with Crippen LogP contribution in [0.3, 0.4) is 0 Å². The van der Waals surface area contributed by atoms with Gasteiger partial charge in [0, 0.05) is 10.5 Å². The van der Waals surface area contributed by atoms with E-state index in [1.54, 1.807) is 0 Å². The molecule has 4 saturated carbocycles. The summed E-state index contributed by atoms with van der Waals surface area (Å²) in [6, 6.07) is 0. The van der Waals surface area contributed by atoms with E-state index < -0.39 is 0 Å². The van der Waals surface area contributed by atoms with Crippen LogP contribution in [0.2, 0.25) is 0 Å². The molecule has 24 heavy (non-hydrogen) atoms. The minimum Gasteiger partial charge on any atom is -0.469 e. The summed E-state index contributed by atoms with van der Waals surface area (Å²) in [7, 11) is 7.00. The minimum atomic E-state index is -0.0107. The summed E-state index contributed by atoms with van der Waals surface area (Å²) in [6.45, 7) is 0. The molecule has 4 aliphatic carbocycles. The molecule has 4 bridgehead atoms. The molecule has 4 rings (SSSR count). The Bertz CT molecular complexity index is 479. The highest BCUT2D eigenvalue weighted by Crippen LogP contribution is 2.60. The Kier molecular flexibility index (Phi) is 4.80. The smallest absolute Gasteiger partial charge is 0.308 e. The van der Waals surface area contributed by atoms with Crippen molar-refractivity contribution in [1.82, 2.24) is 0 Å². The Hall–Kier alpha value is -0.360. The number of carbonyl (C=O) groups excluding carboxylic acids is 2. The summed E-state index contributed by atoms with van der Waals surface area (Å²) in [5.74, 6) is 2.63. The fourth-order valence-electron chi connectivity index (χ4n) is 5.78. The van der Waals surface area contributed by atoms with E-state index in [4.69, 9.17) is 9.47 Å². The number of methoxy groups -OCH3 is 2. The Labute approximate surface area is 151 Å². The number of fused-ring (bicyclic) bond motifs is 4. The average molecular weight is 371 g/mol. The first-order valence-corrected chi connectivity index (χ1v) is 11.4. The standard InChI is InChI=1S/C18H26O4S2/c1-21-17(19)13-5-9-3-11(13)15(7-9)23-24-16-8-10-4-12(16)14(6-10)18(20)22-2/h9-16H,3-8H2,1-2H3. The molecule has 0 spiro atoms. The van der Waals surface area contributed by atoms with Gasteiger partial charge in [-0.15, -0.1) is 0 Å². The van der Waals surface area contributed by atoms with E-state index in [-0.39, 0.29) is 23.8 Å². The molecule has 0 heterocycles. The second kappa shape index (κ2) is 6.75. The lowest BCUT2D eigenvalue weighted by molar-refractivity contribution is -0.148. The number of esters is 2. The first-order valence-electron chi connectivity index (χ1n) is 9.08. The number of hydrogen-bond donors (Lipinski definition) is 0. The van der Waals surface area contributed by atoms with Crippen LogP contribution < -0.4 is 0 Å². The van der Waals surface area contributed by atoms with E-state index in [9.17, 15) is 9.59 Å². The molecule has 8 unspecified atom stereocenters. The van der Waals surface area contributed by atoms with Gasteiger partial charge in [0.1, 0.15) is 0 Å². The van der Waals surface area contributed by atoms with Gasteiger partial charge >= 0.3 is 11.9 Å². The maximum Gasteiger partial charge on any atom is 0.308 e. The molecule has 4 aliphatic rings. The van der Waals surface area contributed by atoms with Crippen molar-refractivity contribution < 1.29 is 19.1 Å². The van der Waals surface area contributed by atoms with Crippen LogP contribution in [0.4, 0.5) is 0 Å². The van der Waals surface area contributed by atoms with Crippen LogP contribution in [0.15, 0.2) is 0 Å². The third-order valence-electron chi connectivity index (χ3n) is 6.82. The molecule has 4 fully saturated rings. The predicted molar refractivity (Wildman–Crippen MR) is 95.4 cm³/mol. The second-order valence-corrected chi connectivity index (χ2v) is 10.8. The Morgan fingerprint density at radius 3 is 1.46 bits per heavy atom. The fourth-order valence-corrected chi connectivity index (χ4v) is 9.84. The maximum atomic E-state index is 12.0. The van der Waals surface area contributed by atoms with Crippen molar-refractivity contribution in [3.8, 4) is 0 Å². The predicted octanol–water partition coefficient (Wildman–Crippen LogP) is 3.54. The zero-order valence-corrected chi connectivity index (χ0v) is 15.9. The third-order valence-corrected chi connectivity index (χ3v) is 10.3. The number of hydrogen-bond acceptors (Lipinski definition) is 6. The largest absolute Gasteiger partial charge is 0.469 e. The van der Waals surface area contributed by atoms with Crippen LogP contribution in [0.5, 0.6) is 0 Å². The van der Waals surface area contributed by atoms with Crippen LogP contribution in [0.25, 0.3) is 0 Å². The first-order chi connectivity index (χ1) is 11.6. The van der Waals surface area contributed by atoms with Gasteiger partial charge in [0.2, 0.25) is 0 Å². The minimum absolute atomic E-state index is 0.0107. The molecule has 0 N–H and O–H groups in total. The van der Waals surface area contributed by atoms with E-state index in [0.29, 0.717) is 34.2 Å². The number of carbonyl (C=O) groups is 2. The van der Waals surface area contributed by atoms with Gasteiger partial charge in [0.05, 0.1) is 26.1 Å². The molecule has 0 radical (unpaired) electrons. The van der Waals surface area contributed by atoms with Gasteiger partial charge in [-0.3, -0.25) is 9.59 Å². The van der Waals surface area contributed by atoms with Gasteiger partial charge in [-0.1, -0.05) is 21.6 Å². The molecule has 0 aromatic heterocycles. The highest BCUT2D eigenvalue weighted by molar-refractivity contribution is 8.77. The number of rotatable bonds is 5. The summed E-state index contributed by atoms with van der Waals surface area (Å²) >= 11 is 0. The van der Waals surface area contributed by atoms with Crippen molar-refractivity contribution in [3.05, 3.63) is 0 Å². The van der Waals surface area contributed by atoms with Crippen molar-refractivity contribution in [1.29, 1.82) is 0 Å². The first kappa shape index (κ1) is 17.1.